The number of para-hydroxylation sites is 1. The van der Waals surface area contributed by atoms with Gasteiger partial charge in [-0.15, -0.1) is 0 Å². The number of ether oxygens (including phenoxy) is 1. The molecular formula is C17H16F2O2. The van der Waals surface area contributed by atoms with Crippen LogP contribution >= 0.6 is 0 Å². The second-order valence-electron chi connectivity index (χ2n) is 5.32. The molecule has 0 fully saturated rings. The van der Waals surface area contributed by atoms with E-state index < -0.39 is 17.7 Å². The number of rotatable bonds is 2. The molecule has 0 aromatic heterocycles. The number of benzene rings is 2. The van der Waals surface area contributed by atoms with Gasteiger partial charge in [-0.25, -0.2) is 8.78 Å². The van der Waals surface area contributed by atoms with Gasteiger partial charge in [0, 0.05) is 11.5 Å². The zero-order valence-electron chi connectivity index (χ0n) is 11.6. The van der Waals surface area contributed by atoms with Crippen LogP contribution in [-0.2, 0) is 0 Å². The molecule has 2 nitrogen and oxygen atoms in total. The zero-order chi connectivity index (χ0) is 15.0. The van der Waals surface area contributed by atoms with Gasteiger partial charge in [0.2, 0.25) is 0 Å². The van der Waals surface area contributed by atoms with Crippen LogP contribution in [0.4, 0.5) is 8.78 Å². The SMILES string of the molecule is Cc1ccc(F)c(C(O)C2CCOc3ccccc32)c1F. The van der Waals surface area contributed by atoms with Crippen molar-refractivity contribution in [2.45, 2.75) is 25.4 Å². The fourth-order valence-electron chi connectivity index (χ4n) is 2.85. The molecule has 2 atom stereocenters. The van der Waals surface area contributed by atoms with Crippen LogP contribution in [0.2, 0.25) is 0 Å². The third-order valence-corrected chi connectivity index (χ3v) is 4.00. The number of aryl methyl sites for hydroxylation is 1. The molecule has 0 spiro atoms. The second-order valence-corrected chi connectivity index (χ2v) is 5.32. The van der Waals surface area contributed by atoms with E-state index in [9.17, 15) is 13.9 Å². The molecule has 4 heteroatoms. The molecular weight excluding hydrogens is 274 g/mol. The van der Waals surface area contributed by atoms with Gasteiger partial charge in [0.1, 0.15) is 17.4 Å². The molecule has 1 heterocycles. The topological polar surface area (TPSA) is 29.5 Å². The first-order valence-electron chi connectivity index (χ1n) is 6.94. The molecule has 0 bridgehead atoms. The van der Waals surface area contributed by atoms with Gasteiger partial charge < -0.3 is 9.84 Å². The van der Waals surface area contributed by atoms with Crippen molar-refractivity contribution in [3.05, 3.63) is 64.7 Å². The monoisotopic (exact) mass is 290 g/mol. The van der Waals surface area contributed by atoms with Crippen molar-refractivity contribution in [2.24, 2.45) is 0 Å². The summed E-state index contributed by atoms with van der Waals surface area (Å²) in [5.41, 5.74) is 0.860. The van der Waals surface area contributed by atoms with Crippen molar-refractivity contribution in [1.29, 1.82) is 0 Å². The fraction of sp³-hybridized carbons (Fsp3) is 0.294. The van der Waals surface area contributed by atoms with Crippen molar-refractivity contribution in [1.82, 2.24) is 0 Å². The molecule has 2 aromatic carbocycles. The summed E-state index contributed by atoms with van der Waals surface area (Å²) in [6, 6.07) is 9.86. The smallest absolute Gasteiger partial charge is 0.134 e. The highest BCUT2D eigenvalue weighted by Gasteiger charge is 2.32. The lowest BCUT2D eigenvalue weighted by Crippen LogP contribution is -2.21. The second kappa shape index (κ2) is 5.45. The summed E-state index contributed by atoms with van der Waals surface area (Å²) in [6.07, 6.45) is -0.708. The summed E-state index contributed by atoms with van der Waals surface area (Å²) in [5.74, 6) is -1.09. The van der Waals surface area contributed by atoms with E-state index in [1.54, 1.807) is 13.0 Å². The zero-order valence-corrected chi connectivity index (χ0v) is 11.6. The average molecular weight is 290 g/mol. The van der Waals surface area contributed by atoms with Gasteiger partial charge in [0.05, 0.1) is 18.3 Å². The summed E-state index contributed by atoms with van der Waals surface area (Å²) in [5, 5.41) is 10.5. The standard InChI is InChI=1S/C17H16F2O2/c1-10-6-7-13(18)15(16(10)19)17(20)12-8-9-21-14-5-3-2-4-11(12)14/h2-7,12,17,20H,8-9H2,1H3. The van der Waals surface area contributed by atoms with Crippen LogP contribution in [0, 0.1) is 18.6 Å². The maximum absolute atomic E-state index is 14.2. The van der Waals surface area contributed by atoms with E-state index in [0.29, 0.717) is 24.3 Å². The predicted octanol–water partition coefficient (Wildman–Crippen LogP) is 3.87. The van der Waals surface area contributed by atoms with Crippen LogP contribution in [0.25, 0.3) is 0 Å². The Bertz CT molecular complexity index is 670. The van der Waals surface area contributed by atoms with Gasteiger partial charge in [-0.3, -0.25) is 0 Å². The normalized spacial score (nSPS) is 18.8. The van der Waals surface area contributed by atoms with Crippen molar-refractivity contribution < 1.29 is 18.6 Å². The number of aliphatic hydroxyl groups is 1. The van der Waals surface area contributed by atoms with Crippen molar-refractivity contribution in [2.75, 3.05) is 6.61 Å². The lowest BCUT2D eigenvalue weighted by Gasteiger charge is -2.30. The highest BCUT2D eigenvalue weighted by atomic mass is 19.1. The van der Waals surface area contributed by atoms with E-state index in [1.165, 1.54) is 12.1 Å². The number of fused-ring (bicyclic) bond motifs is 1. The van der Waals surface area contributed by atoms with Crippen LogP contribution in [0.1, 0.15) is 35.1 Å². The Balaban J connectivity index is 2.05. The highest BCUT2D eigenvalue weighted by Crippen LogP contribution is 2.42. The van der Waals surface area contributed by atoms with Crippen LogP contribution < -0.4 is 4.74 Å². The first-order valence-corrected chi connectivity index (χ1v) is 6.94. The van der Waals surface area contributed by atoms with E-state index in [-0.39, 0.29) is 11.5 Å². The molecule has 1 aliphatic heterocycles. The molecule has 0 amide bonds. The number of halogens is 2. The fourth-order valence-corrected chi connectivity index (χ4v) is 2.85. The van der Waals surface area contributed by atoms with Crippen molar-refractivity contribution in [3.63, 3.8) is 0 Å². The molecule has 1 aliphatic rings. The molecule has 3 rings (SSSR count). The van der Waals surface area contributed by atoms with Crippen molar-refractivity contribution >= 4 is 0 Å². The summed E-state index contributed by atoms with van der Waals surface area (Å²) >= 11 is 0. The predicted molar refractivity (Wildman–Crippen MR) is 75.3 cm³/mol. The van der Waals surface area contributed by atoms with Crippen LogP contribution in [0.3, 0.4) is 0 Å². The van der Waals surface area contributed by atoms with Crippen LogP contribution in [0.5, 0.6) is 5.75 Å². The Morgan fingerprint density at radius 3 is 2.76 bits per heavy atom. The summed E-state index contributed by atoms with van der Waals surface area (Å²) < 4.78 is 33.7. The minimum absolute atomic E-state index is 0.253. The summed E-state index contributed by atoms with van der Waals surface area (Å²) in [4.78, 5) is 0. The minimum atomic E-state index is -1.23. The molecule has 110 valence electrons. The van der Waals surface area contributed by atoms with Gasteiger partial charge in [-0.1, -0.05) is 24.3 Å². The van der Waals surface area contributed by atoms with Crippen molar-refractivity contribution in [3.8, 4) is 5.75 Å². The Hall–Kier alpha value is -1.94. The first-order chi connectivity index (χ1) is 10.1. The summed E-state index contributed by atoms with van der Waals surface area (Å²) in [7, 11) is 0. The van der Waals surface area contributed by atoms with Gasteiger partial charge in [-0.2, -0.15) is 0 Å². The van der Waals surface area contributed by atoms with Crippen LogP contribution in [0.15, 0.2) is 36.4 Å². The average Bonchev–Trinajstić information content (AvgIpc) is 2.50. The highest BCUT2D eigenvalue weighted by molar-refractivity contribution is 5.40. The molecule has 1 N–H and O–H groups in total. The minimum Gasteiger partial charge on any atom is -0.493 e. The Labute approximate surface area is 122 Å². The quantitative estimate of drug-likeness (QED) is 0.909. The maximum atomic E-state index is 14.2. The van der Waals surface area contributed by atoms with Gasteiger partial charge in [0.15, 0.2) is 0 Å². The summed E-state index contributed by atoms with van der Waals surface area (Å²) in [6.45, 7) is 1.98. The van der Waals surface area contributed by atoms with E-state index in [4.69, 9.17) is 4.74 Å². The maximum Gasteiger partial charge on any atom is 0.134 e. The molecule has 0 radical (unpaired) electrons. The van der Waals surface area contributed by atoms with E-state index in [0.717, 1.165) is 5.56 Å². The van der Waals surface area contributed by atoms with Crippen LogP contribution in [-0.4, -0.2) is 11.7 Å². The number of hydrogen-bond donors (Lipinski definition) is 1. The molecule has 2 aromatic rings. The van der Waals surface area contributed by atoms with Gasteiger partial charge in [0.25, 0.3) is 0 Å². The van der Waals surface area contributed by atoms with Gasteiger partial charge >= 0.3 is 0 Å². The van der Waals surface area contributed by atoms with E-state index in [2.05, 4.69) is 0 Å². The van der Waals surface area contributed by atoms with E-state index >= 15 is 0 Å². The lowest BCUT2D eigenvalue weighted by atomic mass is 9.84. The number of aliphatic hydroxyl groups excluding tert-OH is 1. The lowest BCUT2D eigenvalue weighted by molar-refractivity contribution is 0.110. The third kappa shape index (κ3) is 2.40. The third-order valence-electron chi connectivity index (χ3n) is 4.00. The first kappa shape index (κ1) is 14.0. The molecule has 0 saturated heterocycles. The number of hydrogen-bond acceptors (Lipinski definition) is 2. The Kier molecular flexibility index (Phi) is 3.64. The molecule has 2 unspecified atom stereocenters. The molecule has 0 saturated carbocycles. The van der Waals surface area contributed by atoms with Gasteiger partial charge in [-0.05, 0) is 31.0 Å². The van der Waals surface area contributed by atoms with E-state index in [1.807, 2.05) is 18.2 Å². The Morgan fingerprint density at radius 2 is 1.95 bits per heavy atom. The Morgan fingerprint density at radius 1 is 1.19 bits per heavy atom. The largest absolute Gasteiger partial charge is 0.493 e. The molecule has 0 aliphatic carbocycles. The molecule has 21 heavy (non-hydrogen) atoms.